The van der Waals surface area contributed by atoms with E-state index in [4.69, 9.17) is 0 Å². The Morgan fingerprint density at radius 3 is 2.82 bits per heavy atom. The Morgan fingerprint density at radius 2 is 2.24 bits per heavy atom. The van der Waals surface area contributed by atoms with Crippen LogP contribution in [0.2, 0.25) is 0 Å². The van der Waals surface area contributed by atoms with Crippen molar-refractivity contribution >= 4 is 21.5 Å². The van der Waals surface area contributed by atoms with Gasteiger partial charge in [-0.25, -0.2) is 13.4 Å². The molecule has 2 atom stereocenters. The van der Waals surface area contributed by atoms with Gasteiger partial charge in [-0.05, 0) is 32.6 Å². The average molecular weight is 256 g/mol. The highest BCUT2D eigenvalue weighted by molar-refractivity contribution is 7.91. The first-order valence-corrected chi connectivity index (χ1v) is 7.85. The topological polar surface area (TPSA) is 66.8 Å². The molecule has 0 aromatic rings. The van der Waals surface area contributed by atoms with Gasteiger partial charge in [-0.3, -0.25) is 4.79 Å². The molecule has 0 bridgehead atoms. The Bertz CT molecular complexity index is 511. The van der Waals surface area contributed by atoms with E-state index in [9.17, 15) is 13.2 Å². The van der Waals surface area contributed by atoms with Crippen molar-refractivity contribution in [2.45, 2.75) is 38.1 Å². The second kappa shape index (κ2) is 3.31. The molecular formula is C11H16N2O3S. The highest BCUT2D eigenvalue weighted by atomic mass is 32.2. The predicted molar refractivity (Wildman–Crippen MR) is 63.3 cm³/mol. The summed E-state index contributed by atoms with van der Waals surface area (Å²) in [6.45, 7) is 1.83. The molecule has 3 aliphatic rings. The summed E-state index contributed by atoms with van der Waals surface area (Å²) in [5.74, 6) is 0.171. The van der Waals surface area contributed by atoms with Crippen LogP contribution in [-0.4, -0.2) is 42.1 Å². The molecule has 2 fully saturated rings. The van der Waals surface area contributed by atoms with Crippen LogP contribution in [0.15, 0.2) is 5.10 Å². The molecule has 2 unspecified atom stereocenters. The van der Waals surface area contributed by atoms with Crippen molar-refractivity contribution in [1.29, 1.82) is 0 Å². The standard InChI is InChI=1S/C11H16N2O3S/c1-11(5-6-17(15,16)7-11)13-10(14)8-3-2-4-9(8)12-13/h8H,2-7H2,1H3. The molecule has 1 saturated heterocycles. The van der Waals surface area contributed by atoms with Gasteiger partial charge in [0.15, 0.2) is 9.84 Å². The van der Waals surface area contributed by atoms with Crippen molar-refractivity contribution < 1.29 is 13.2 Å². The fourth-order valence-electron chi connectivity index (χ4n) is 3.09. The van der Waals surface area contributed by atoms with Crippen LogP contribution in [0.5, 0.6) is 0 Å². The molecule has 5 nitrogen and oxygen atoms in total. The summed E-state index contributed by atoms with van der Waals surface area (Å²) < 4.78 is 23.1. The molecule has 2 aliphatic heterocycles. The van der Waals surface area contributed by atoms with Gasteiger partial charge in [0, 0.05) is 0 Å². The largest absolute Gasteiger partial charge is 0.272 e. The number of nitrogens with zero attached hydrogens (tertiary/aromatic N) is 2. The molecule has 0 spiro atoms. The lowest BCUT2D eigenvalue weighted by Gasteiger charge is -2.31. The van der Waals surface area contributed by atoms with E-state index in [1.165, 1.54) is 5.01 Å². The smallest absolute Gasteiger partial charge is 0.252 e. The number of fused-ring (bicyclic) bond motifs is 1. The SMILES string of the molecule is CC1(N2N=C3CCCC3C2=O)CCS(=O)(=O)C1. The minimum atomic E-state index is -3.00. The summed E-state index contributed by atoms with van der Waals surface area (Å²) in [4.78, 5) is 12.2. The van der Waals surface area contributed by atoms with Crippen LogP contribution in [0.3, 0.4) is 0 Å². The van der Waals surface area contributed by atoms with E-state index in [-0.39, 0.29) is 23.3 Å². The van der Waals surface area contributed by atoms with Crippen LogP contribution in [0.4, 0.5) is 0 Å². The average Bonchev–Trinajstić information content (AvgIpc) is 2.85. The van der Waals surface area contributed by atoms with Crippen LogP contribution < -0.4 is 0 Å². The first kappa shape index (κ1) is 11.2. The Morgan fingerprint density at radius 1 is 1.47 bits per heavy atom. The van der Waals surface area contributed by atoms with Gasteiger partial charge in [0.25, 0.3) is 5.91 Å². The minimum Gasteiger partial charge on any atom is -0.272 e. The summed E-state index contributed by atoms with van der Waals surface area (Å²) >= 11 is 0. The number of carbonyl (C=O) groups excluding carboxylic acids is 1. The molecular weight excluding hydrogens is 240 g/mol. The van der Waals surface area contributed by atoms with Gasteiger partial charge >= 0.3 is 0 Å². The van der Waals surface area contributed by atoms with Crippen molar-refractivity contribution in [3.05, 3.63) is 0 Å². The van der Waals surface area contributed by atoms with Crippen LogP contribution in [-0.2, 0) is 14.6 Å². The lowest BCUT2D eigenvalue weighted by atomic mass is 9.99. The van der Waals surface area contributed by atoms with Crippen molar-refractivity contribution in [3.8, 4) is 0 Å². The summed E-state index contributed by atoms with van der Waals surface area (Å²) in [6.07, 6.45) is 3.29. The third-order valence-corrected chi connectivity index (χ3v) is 5.94. The highest BCUT2D eigenvalue weighted by Gasteiger charge is 2.50. The normalized spacial score (nSPS) is 39.6. The van der Waals surface area contributed by atoms with E-state index in [2.05, 4.69) is 5.10 Å². The Hall–Kier alpha value is -0.910. The Kier molecular flexibility index (Phi) is 2.18. The molecule has 17 heavy (non-hydrogen) atoms. The molecule has 6 heteroatoms. The van der Waals surface area contributed by atoms with E-state index < -0.39 is 15.4 Å². The van der Waals surface area contributed by atoms with Gasteiger partial charge in [0.1, 0.15) is 0 Å². The van der Waals surface area contributed by atoms with E-state index in [0.717, 1.165) is 25.0 Å². The van der Waals surface area contributed by atoms with E-state index >= 15 is 0 Å². The van der Waals surface area contributed by atoms with Crippen molar-refractivity contribution in [2.24, 2.45) is 11.0 Å². The number of amides is 1. The van der Waals surface area contributed by atoms with Gasteiger partial charge < -0.3 is 0 Å². The van der Waals surface area contributed by atoms with Crippen molar-refractivity contribution in [1.82, 2.24) is 5.01 Å². The zero-order chi connectivity index (χ0) is 12.3. The lowest BCUT2D eigenvalue weighted by molar-refractivity contribution is -0.136. The van der Waals surface area contributed by atoms with Crippen molar-refractivity contribution in [3.63, 3.8) is 0 Å². The monoisotopic (exact) mass is 256 g/mol. The van der Waals surface area contributed by atoms with Crippen LogP contribution >= 0.6 is 0 Å². The Balaban J connectivity index is 1.92. The summed E-state index contributed by atoms with van der Waals surface area (Å²) in [5, 5.41) is 5.86. The number of carbonyl (C=O) groups is 1. The minimum absolute atomic E-state index is 0.0112. The molecule has 0 aromatic carbocycles. The zero-order valence-corrected chi connectivity index (χ0v) is 10.7. The summed E-state index contributed by atoms with van der Waals surface area (Å²) in [7, 11) is -3.00. The maximum Gasteiger partial charge on any atom is 0.252 e. The number of sulfone groups is 1. The predicted octanol–water partition coefficient (Wildman–Crippen LogP) is 0.562. The molecule has 1 amide bonds. The van der Waals surface area contributed by atoms with Crippen LogP contribution in [0, 0.1) is 5.92 Å². The van der Waals surface area contributed by atoms with Gasteiger partial charge in [-0.1, -0.05) is 0 Å². The number of hydrogen-bond acceptors (Lipinski definition) is 4. The van der Waals surface area contributed by atoms with E-state index in [1.807, 2.05) is 6.92 Å². The second-order valence-corrected chi connectivity index (χ2v) is 7.71. The maximum absolute atomic E-state index is 12.2. The molecule has 0 aromatic heterocycles. The number of hydrazone groups is 1. The molecule has 0 radical (unpaired) electrons. The fraction of sp³-hybridized carbons (Fsp3) is 0.818. The van der Waals surface area contributed by atoms with Gasteiger partial charge in [-0.2, -0.15) is 5.10 Å². The first-order valence-electron chi connectivity index (χ1n) is 6.03. The Labute approximate surface area is 101 Å². The fourth-order valence-corrected chi connectivity index (χ4v) is 5.20. The number of rotatable bonds is 1. The zero-order valence-electron chi connectivity index (χ0n) is 9.85. The van der Waals surface area contributed by atoms with Gasteiger partial charge in [0.05, 0.1) is 28.7 Å². The lowest BCUT2D eigenvalue weighted by Crippen LogP contribution is -2.46. The molecule has 1 saturated carbocycles. The first-order chi connectivity index (χ1) is 7.91. The second-order valence-electron chi connectivity index (χ2n) is 5.53. The van der Waals surface area contributed by atoms with Crippen LogP contribution in [0.25, 0.3) is 0 Å². The molecule has 3 rings (SSSR count). The van der Waals surface area contributed by atoms with E-state index in [1.54, 1.807) is 0 Å². The summed E-state index contributed by atoms with van der Waals surface area (Å²) in [5.41, 5.74) is 0.341. The quantitative estimate of drug-likeness (QED) is 0.688. The van der Waals surface area contributed by atoms with Crippen molar-refractivity contribution in [2.75, 3.05) is 11.5 Å². The van der Waals surface area contributed by atoms with Gasteiger partial charge in [0.2, 0.25) is 0 Å². The molecule has 2 heterocycles. The third kappa shape index (κ3) is 1.61. The number of hydrogen-bond donors (Lipinski definition) is 0. The van der Waals surface area contributed by atoms with Crippen LogP contribution in [0.1, 0.15) is 32.6 Å². The molecule has 0 N–H and O–H groups in total. The van der Waals surface area contributed by atoms with E-state index in [0.29, 0.717) is 6.42 Å². The summed E-state index contributed by atoms with van der Waals surface area (Å²) in [6, 6.07) is 0. The highest BCUT2D eigenvalue weighted by Crippen LogP contribution is 2.38. The molecule has 1 aliphatic carbocycles. The maximum atomic E-state index is 12.2. The molecule has 94 valence electrons. The van der Waals surface area contributed by atoms with Gasteiger partial charge in [-0.15, -0.1) is 0 Å². The third-order valence-electron chi connectivity index (χ3n) is 4.06.